The van der Waals surface area contributed by atoms with Gasteiger partial charge in [-0.1, -0.05) is 121 Å². The molecular weight excluding hydrogens is 593 g/mol. The van der Waals surface area contributed by atoms with Crippen LogP contribution in [-0.2, 0) is 0 Å². The molecule has 2 heteroatoms. The molecule has 0 atom stereocenters. The van der Waals surface area contributed by atoms with E-state index < -0.39 is 0 Å². The summed E-state index contributed by atoms with van der Waals surface area (Å²) in [4.78, 5) is 0. The Balaban J connectivity index is 1.05. The van der Waals surface area contributed by atoms with Gasteiger partial charge in [0, 0.05) is 32.9 Å². The number of rotatable bonds is 4. The maximum absolute atomic E-state index is 2.40. The Bertz CT molecular complexity index is 2870. The van der Waals surface area contributed by atoms with Crippen molar-refractivity contribution in [1.29, 1.82) is 0 Å². The standard InChI is InChI=1S/C47H32N2/c1-31-14-23-38(24-15-31)48-44-12-6-4-10-40(44)42-29-36(21-26-46(42)48)33-16-18-34(19-17-33)37-22-27-47-43(30-37)41-11-5-7-13-45(41)49(47)39-25-20-32-8-2-3-9-35(32)28-39/h2-30H,1H3. The highest BCUT2D eigenvalue weighted by molar-refractivity contribution is 6.12. The Labute approximate surface area is 284 Å². The molecule has 0 bridgehead atoms. The normalized spacial score (nSPS) is 11.8. The lowest BCUT2D eigenvalue weighted by Crippen LogP contribution is -1.93. The summed E-state index contributed by atoms with van der Waals surface area (Å²) >= 11 is 0. The van der Waals surface area contributed by atoms with Gasteiger partial charge in [0.05, 0.1) is 22.1 Å². The van der Waals surface area contributed by atoms with Crippen molar-refractivity contribution in [3.8, 4) is 33.6 Å². The Kier molecular flexibility index (Phi) is 6.13. The predicted octanol–water partition coefficient (Wildman–Crippen LogP) is 12.7. The van der Waals surface area contributed by atoms with Crippen molar-refractivity contribution >= 4 is 54.4 Å². The summed E-state index contributed by atoms with van der Waals surface area (Å²) in [6, 6.07) is 64.4. The number of hydrogen-bond acceptors (Lipinski definition) is 0. The molecule has 2 aromatic heterocycles. The molecule has 10 aromatic rings. The van der Waals surface area contributed by atoms with Gasteiger partial charge in [0.15, 0.2) is 0 Å². The minimum absolute atomic E-state index is 1.18. The van der Waals surface area contributed by atoms with Crippen molar-refractivity contribution < 1.29 is 0 Å². The van der Waals surface area contributed by atoms with Crippen LogP contribution in [0.5, 0.6) is 0 Å². The lowest BCUT2D eigenvalue weighted by Gasteiger charge is -2.10. The van der Waals surface area contributed by atoms with Gasteiger partial charge in [0.2, 0.25) is 0 Å². The van der Waals surface area contributed by atoms with E-state index in [1.807, 2.05) is 0 Å². The number of aryl methyl sites for hydroxylation is 1. The molecule has 0 aliphatic rings. The molecule has 0 fully saturated rings. The molecule has 0 saturated heterocycles. The van der Waals surface area contributed by atoms with E-state index in [0.29, 0.717) is 0 Å². The SMILES string of the molecule is Cc1ccc(-n2c3ccccc3c3cc(-c4ccc(-c5ccc6c(c5)c5ccccc5n6-c5ccc6ccccc6c5)cc4)ccc32)cc1. The second-order valence-corrected chi connectivity index (χ2v) is 13.1. The van der Waals surface area contributed by atoms with Crippen molar-refractivity contribution in [1.82, 2.24) is 9.13 Å². The zero-order chi connectivity index (χ0) is 32.5. The van der Waals surface area contributed by atoms with Crippen molar-refractivity contribution in [2.24, 2.45) is 0 Å². The highest BCUT2D eigenvalue weighted by atomic mass is 15.0. The number of nitrogens with zero attached hydrogens (tertiary/aromatic N) is 2. The van der Waals surface area contributed by atoms with E-state index in [-0.39, 0.29) is 0 Å². The lowest BCUT2D eigenvalue weighted by molar-refractivity contribution is 1.17. The second kappa shape index (κ2) is 10.8. The average Bonchev–Trinajstić information content (AvgIpc) is 3.67. The van der Waals surface area contributed by atoms with Crippen molar-refractivity contribution in [3.63, 3.8) is 0 Å². The first-order chi connectivity index (χ1) is 24.2. The fourth-order valence-corrected chi connectivity index (χ4v) is 7.73. The monoisotopic (exact) mass is 624 g/mol. The van der Waals surface area contributed by atoms with E-state index in [9.17, 15) is 0 Å². The maximum atomic E-state index is 2.40. The summed E-state index contributed by atoms with van der Waals surface area (Å²) in [5.74, 6) is 0. The number of aromatic nitrogens is 2. The Morgan fingerprint density at radius 1 is 0.306 bits per heavy atom. The maximum Gasteiger partial charge on any atom is 0.0541 e. The molecule has 0 unspecified atom stereocenters. The van der Waals surface area contributed by atoms with E-state index in [0.717, 1.165) is 0 Å². The van der Waals surface area contributed by atoms with Crippen LogP contribution in [0.2, 0.25) is 0 Å². The van der Waals surface area contributed by atoms with E-state index in [4.69, 9.17) is 0 Å². The lowest BCUT2D eigenvalue weighted by atomic mass is 9.98. The number of para-hydroxylation sites is 2. The average molecular weight is 625 g/mol. The van der Waals surface area contributed by atoms with Gasteiger partial charge in [-0.2, -0.15) is 0 Å². The fraction of sp³-hybridized carbons (Fsp3) is 0.0213. The van der Waals surface area contributed by atoms with E-state index >= 15 is 0 Å². The van der Waals surface area contributed by atoms with Gasteiger partial charge in [0.1, 0.15) is 0 Å². The van der Waals surface area contributed by atoms with Crippen LogP contribution in [0.4, 0.5) is 0 Å². The molecule has 0 aliphatic heterocycles. The molecule has 0 aliphatic carbocycles. The molecule has 49 heavy (non-hydrogen) atoms. The number of benzene rings is 8. The molecule has 0 N–H and O–H groups in total. The molecule has 0 spiro atoms. The zero-order valence-corrected chi connectivity index (χ0v) is 27.1. The van der Waals surface area contributed by atoms with E-state index in [1.54, 1.807) is 0 Å². The summed E-state index contributed by atoms with van der Waals surface area (Å²) in [5.41, 5.74) is 13.4. The third-order valence-electron chi connectivity index (χ3n) is 10.2. The first kappa shape index (κ1) is 27.7. The Morgan fingerprint density at radius 2 is 0.755 bits per heavy atom. The van der Waals surface area contributed by atoms with E-state index in [2.05, 4.69) is 192 Å². The van der Waals surface area contributed by atoms with Crippen LogP contribution in [0.1, 0.15) is 5.56 Å². The number of hydrogen-bond donors (Lipinski definition) is 0. The number of fused-ring (bicyclic) bond motifs is 7. The summed E-state index contributed by atoms with van der Waals surface area (Å²) in [6.45, 7) is 2.14. The van der Waals surface area contributed by atoms with Crippen molar-refractivity contribution in [3.05, 3.63) is 181 Å². The van der Waals surface area contributed by atoms with Crippen LogP contribution < -0.4 is 0 Å². The Morgan fingerprint density at radius 3 is 1.35 bits per heavy atom. The highest BCUT2D eigenvalue weighted by Gasteiger charge is 2.15. The van der Waals surface area contributed by atoms with Gasteiger partial charge < -0.3 is 9.13 Å². The predicted molar refractivity (Wildman–Crippen MR) is 208 cm³/mol. The second-order valence-electron chi connectivity index (χ2n) is 13.1. The molecule has 8 aromatic carbocycles. The zero-order valence-electron chi connectivity index (χ0n) is 27.1. The Hall–Kier alpha value is -6.38. The molecule has 0 radical (unpaired) electrons. The van der Waals surface area contributed by atoms with Crippen LogP contribution in [-0.4, -0.2) is 9.13 Å². The largest absolute Gasteiger partial charge is 0.309 e. The third kappa shape index (κ3) is 4.42. The summed E-state index contributed by atoms with van der Waals surface area (Å²) in [6.07, 6.45) is 0. The van der Waals surface area contributed by atoms with Crippen LogP contribution >= 0.6 is 0 Å². The summed E-state index contributed by atoms with van der Waals surface area (Å²) in [5, 5.41) is 7.58. The van der Waals surface area contributed by atoms with Gasteiger partial charge in [-0.25, -0.2) is 0 Å². The third-order valence-corrected chi connectivity index (χ3v) is 10.2. The molecule has 10 rings (SSSR count). The van der Waals surface area contributed by atoms with Crippen molar-refractivity contribution in [2.45, 2.75) is 6.92 Å². The van der Waals surface area contributed by atoms with Crippen LogP contribution in [0.15, 0.2) is 176 Å². The van der Waals surface area contributed by atoms with Gasteiger partial charge in [-0.05, 0) is 101 Å². The van der Waals surface area contributed by atoms with Crippen LogP contribution in [0.3, 0.4) is 0 Å². The quantitative estimate of drug-likeness (QED) is 0.184. The summed E-state index contributed by atoms with van der Waals surface area (Å²) in [7, 11) is 0. The van der Waals surface area contributed by atoms with Crippen LogP contribution in [0, 0.1) is 6.92 Å². The van der Waals surface area contributed by atoms with Crippen LogP contribution in [0.25, 0.3) is 88.0 Å². The first-order valence-corrected chi connectivity index (χ1v) is 16.9. The topological polar surface area (TPSA) is 9.86 Å². The van der Waals surface area contributed by atoms with Gasteiger partial charge >= 0.3 is 0 Å². The fourth-order valence-electron chi connectivity index (χ4n) is 7.73. The minimum Gasteiger partial charge on any atom is -0.309 e. The summed E-state index contributed by atoms with van der Waals surface area (Å²) < 4.78 is 4.78. The van der Waals surface area contributed by atoms with E-state index in [1.165, 1.54) is 93.6 Å². The molecule has 2 nitrogen and oxygen atoms in total. The molecule has 0 amide bonds. The molecule has 0 saturated carbocycles. The minimum atomic E-state index is 1.18. The highest BCUT2D eigenvalue weighted by Crippen LogP contribution is 2.38. The van der Waals surface area contributed by atoms with Gasteiger partial charge in [0.25, 0.3) is 0 Å². The van der Waals surface area contributed by atoms with Crippen molar-refractivity contribution in [2.75, 3.05) is 0 Å². The smallest absolute Gasteiger partial charge is 0.0541 e. The molecule has 230 valence electrons. The van der Waals surface area contributed by atoms with Gasteiger partial charge in [-0.3, -0.25) is 0 Å². The molecule has 2 heterocycles. The van der Waals surface area contributed by atoms with Gasteiger partial charge in [-0.15, -0.1) is 0 Å². The first-order valence-electron chi connectivity index (χ1n) is 16.9. The molecular formula is C47H32N2.